The summed E-state index contributed by atoms with van der Waals surface area (Å²) in [5.41, 5.74) is 5.91. The molecule has 0 aromatic heterocycles. The van der Waals surface area contributed by atoms with Gasteiger partial charge in [-0.1, -0.05) is 72.8 Å². The molecule has 1 atom stereocenters. The predicted octanol–water partition coefficient (Wildman–Crippen LogP) is 3.71. The summed E-state index contributed by atoms with van der Waals surface area (Å²) < 4.78 is 5.45. The first-order chi connectivity index (χ1) is 15.1. The molecule has 0 aliphatic heterocycles. The van der Waals surface area contributed by atoms with Crippen LogP contribution in [0.2, 0.25) is 0 Å². The van der Waals surface area contributed by atoms with Crippen LogP contribution in [-0.4, -0.2) is 34.9 Å². The van der Waals surface area contributed by atoms with E-state index in [2.05, 4.69) is 17.4 Å². The van der Waals surface area contributed by atoms with Crippen molar-refractivity contribution in [2.24, 2.45) is 0 Å². The fourth-order valence-corrected chi connectivity index (χ4v) is 4.00. The van der Waals surface area contributed by atoms with Crippen molar-refractivity contribution in [1.29, 1.82) is 0 Å². The zero-order valence-corrected chi connectivity index (χ0v) is 16.8. The smallest absolute Gasteiger partial charge is 0.407 e. The van der Waals surface area contributed by atoms with E-state index in [1.54, 1.807) is 24.3 Å². The minimum absolute atomic E-state index is 0.0827. The Morgan fingerprint density at radius 2 is 1.42 bits per heavy atom. The maximum absolute atomic E-state index is 12.4. The van der Waals surface area contributed by atoms with Crippen molar-refractivity contribution >= 4 is 12.1 Å². The Balaban J connectivity index is 1.41. The van der Waals surface area contributed by atoms with Gasteiger partial charge in [-0.3, -0.25) is 0 Å². The Labute approximate surface area is 180 Å². The Kier molecular flexibility index (Phi) is 6.00. The van der Waals surface area contributed by atoms with Crippen LogP contribution in [-0.2, 0) is 22.6 Å². The summed E-state index contributed by atoms with van der Waals surface area (Å²) in [5.74, 6) is -1.23. The minimum Gasteiger partial charge on any atom is -0.480 e. The third kappa shape index (κ3) is 4.44. The van der Waals surface area contributed by atoms with Crippen LogP contribution in [0.4, 0.5) is 4.79 Å². The van der Waals surface area contributed by atoms with E-state index in [1.807, 2.05) is 36.4 Å². The molecule has 0 unspecified atom stereocenters. The molecule has 1 aliphatic rings. The molecule has 0 bridgehead atoms. The highest BCUT2D eigenvalue weighted by Crippen LogP contribution is 2.44. The van der Waals surface area contributed by atoms with Gasteiger partial charge >= 0.3 is 12.1 Å². The van der Waals surface area contributed by atoms with E-state index in [1.165, 1.54) is 0 Å². The lowest BCUT2D eigenvalue weighted by Gasteiger charge is -2.17. The number of amides is 1. The van der Waals surface area contributed by atoms with Gasteiger partial charge < -0.3 is 20.3 Å². The van der Waals surface area contributed by atoms with Crippen LogP contribution in [0.25, 0.3) is 11.1 Å². The molecule has 0 spiro atoms. The Hall–Kier alpha value is -3.64. The normalized spacial score (nSPS) is 13.2. The molecule has 0 saturated carbocycles. The molecule has 3 aromatic carbocycles. The highest BCUT2D eigenvalue weighted by Gasteiger charge is 2.29. The van der Waals surface area contributed by atoms with Gasteiger partial charge in [0.05, 0.1) is 6.61 Å². The number of aliphatic carboxylic acids is 1. The molecule has 0 saturated heterocycles. The zero-order chi connectivity index (χ0) is 21.8. The maximum Gasteiger partial charge on any atom is 0.407 e. The Bertz CT molecular complexity index is 1050. The standard InChI is InChI=1S/C25H23NO5/c27-14-17-11-9-16(10-12-17)13-23(24(28)29)26-25(30)31-15-22-20-7-3-1-5-18(20)19-6-2-4-8-21(19)22/h1-12,22-23,27H,13-15H2,(H,26,30)(H,28,29)/t23-/m0/s1. The molecule has 158 valence electrons. The fraction of sp³-hybridized carbons (Fsp3) is 0.200. The summed E-state index contributed by atoms with van der Waals surface area (Å²) in [6.07, 6.45) is -0.646. The molecule has 4 rings (SSSR count). The lowest BCUT2D eigenvalue weighted by molar-refractivity contribution is -0.139. The second-order valence-electron chi connectivity index (χ2n) is 7.54. The quantitative estimate of drug-likeness (QED) is 0.545. The molecule has 31 heavy (non-hydrogen) atoms. The fourth-order valence-electron chi connectivity index (χ4n) is 4.00. The van der Waals surface area contributed by atoms with Crippen LogP contribution >= 0.6 is 0 Å². The van der Waals surface area contributed by atoms with Gasteiger partial charge in [-0.15, -0.1) is 0 Å². The van der Waals surface area contributed by atoms with Crippen molar-refractivity contribution in [3.05, 3.63) is 95.1 Å². The number of alkyl carbamates (subject to hydrolysis) is 1. The van der Waals surface area contributed by atoms with Crippen molar-refractivity contribution in [3.63, 3.8) is 0 Å². The number of nitrogens with one attached hydrogen (secondary N) is 1. The van der Waals surface area contributed by atoms with Crippen LogP contribution in [0.5, 0.6) is 0 Å². The molecule has 0 fully saturated rings. The minimum atomic E-state index is -1.14. The van der Waals surface area contributed by atoms with Gasteiger partial charge in [0, 0.05) is 12.3 Å². The van der Waals surface area contributed by atoms with Gasteiger partial charge in [0.2, 0.25) is 0 Å². The number of aliphatic hydroxyl groups excluding tert-OH is 1. The zero-order valence-electron chi connectivity index (χ0n) is 16.8. The number of carbonyl (C=O) groups excluding carboxylic acids is 1. The van der Waals surface area contributed by atoms with E-state index in [4.69, 9.17) is 9.84 Å². The largest absolute Gasteiger partial charge is 0.480 e. The lowest BCUT2D eigenvalue weighted by Crippen LogP contribution is -2.42. The Morgan fingerprint density at radius 1 is 0.871 bits per heavy atom. The molecule has 1 aliphatic carbocycles. The number of hydrogen-bond donors (Lipinski definition) is 3. The van der Waals surface area contributed by atoms with Gasteiger partial charge in [-0.05, 0) is 33.4 Å². The second-order valence-corrected chi connectivity index (χ2v) is 7.54. The van der Waals surface area contributed by atoms with Crippen molar-refractivity contribution in [2.75, 3.05) is 6.61 Å². The number of rotatable bonds is 7. The molecule has 3 N–H and O–H groups in total. The summed E-state index contributed by atoms with van der Waals surface area (Å²) in [5, 5.41) is 21.1. The molecule has 3 aromatic rings. The van der Waals surface area contributed by atoms with E-state index in [9.17, 15) is 14.7 Å². The summed E-state index contributed by atoms with van der Waals surface area (Å²) >= 11 is 0. The first-order valence-electron chi connectivity index (χ1n) is 10.1. The number of carboxylic acid groups (broad SMARTS) is 1. The van der Waals surface area contributed by atoms with Gasteiger partial charge in [0.1, 0.15) is 12.6 Å². The van der Waals surface area contributed by atoms with Crippen molar-refractivity contribution in [1.82, 2.24) is 5.32 Å². The second kappa shape index (κ2) is 9.02. The monoisotopic (exact) mass is 417 g/mol. The van der Waals surface area contributed by atoms with Crippen LogP contribution in [0.1, 0.15) is 28.2 Å². The molecule has 6 nitrogen and oxygen atoms in total. The van der Waals surface area contributed by atoms with Gasteiger partial charge in [0.15, 0.2) is 0 Å². The first-order valence-corrected chi connectivity index (χ1v) is 10.1. The van der Waals surface area contributed by atoms with Crippen LogP contribution in [0.15, 0.2) is 72.8 Å². The molecular weight excluding hydrogens is 394 g/mol. The molecule has 1 amide bonds. The lowest BCUT2D eigenvalue weighted by atomic mass is 9.98. The third-order valence-electron chi connectivity index (χ3n) is 5.58. The Morgan fingerprint density at radius 3 is 1.97 bits per heavy atom. The van der Waals surface area contributed by atoms with Crippen LogP contribution in [0, 0.1) is 0 Å². The number of aliphatic hydroxyl groups is 1. The molecule has 0 radical (unpaired) electrons. The van der Waals surface area contributed by atoms with E-state index < -0.39 is 18.1 Å². The van der Waals surface area contributed by atoms with Crippen LogP contribution in [0.3, 0.4) is 0 Å². The van der Waals surface area contributed by atoms with Crippen LogP contribution < -0.4 is 5.32 Å². The number of carbonyl (C=O) groups is 2. The number of carboxylic acids is 1. The molecular formula is C25H23NO5. The van der Waals surface area contributed by atoms with Gasteiger partial charge in [-0.2, -0.15) is 0 Å². The van der Waals surface area contributed by atoms with Crippen molar-refractivity contribution in [3.8, 4) is 11.1 Å². The van der Waals surface area contributed by atoms with E-state index in [-0.39, 0.29) is 25.6 Å². The summed E-state index contributed by atoms with van der Waals surface area (Å²) in [7, 11) is 0. The highest BCUT2D eigenvalue weighted by atomic mass is 16.5. The van der Waals surface area contributed by atoms with E-state index >= 15 is 0 Å². The highest BCUT2D eigenvalue weighted by molar-refractivity contribution is 5.81. The SMILES string of the molecule is O=C(N[C@@H](Cc1ccc(CO)cc1)C(=O)O)OCC1c2ccccc2-c2ccccc21. The van der Waals surface area contributed by atoms with Gasteiger partial charge in [-0.25, -0.2) is 9.59 Å². The van der Waals surface area contributed by atoms with Crippen molar-refractivity contribution < 1.29 is 24.5 Å². The average molecular weight is 417 g/mol. The summed E-state index contributed by atoms with van der Waals surface area (Å²) in [4.78, 5) is 24.0. The van der Waals surface area contributed by atoms with E-state index in [0.717, 1.165) is 33.4 Å². The molecule has 0 heterocycles. The number of ether oxygens (including phenoxy) is 1. The third-order valence-corrected chi connectivity index (χ3v) is 5.58. The summed E-state index contributed by atoms with van der Waals surface area (Å²) in [6.45, 7) is 0.0397. The predicted molar refractivity (Wildman–Crippen MR) is 116 cm³/mol. The van der Waals surface area contributed by atoms with Crippen molar-refractivity contribution in [2.45, 2.75) is 25.0 Å². The molecule has 6 heteroatoms. The maximum atomic E-state index is 12.4. The van der Waals surface area contributed by atoms with E-state index in [0.29, 0.717) is 0 Å². The number of benzene rings is 3. The topological polar surface area (TPSA) is 95.9 Å². The number of hydrogen-bond acceptors (Lipinski definition) is 4. The van der Waals surface area contributed by atoms with Gasteiger partial charge in [0.25, 0.3) is 0 Å². The number of fused-ring (bicyclic) bond motifs is 3. The average Bonchev–Trinajstić information content (AvgIpc) is 3.11. The first kappa shape index (κ1) is 20.6. The summed E-state index contributed by atoms with van der Waals surface area (Å²) in [6, 6.07) is 21.8.